The first-order valence-electron chi connectivity index (χ1n) is 6.31. The second-order valence-corrected chi connectivity index (χ2v) is 4.86. The lowest BCUT2D eigenvalue weighted by Crippen LogP contribution is -2.21. The van der Waals surface area contributed by atoms with Crippen molar-refractivity contribution in [2.75, 3.05) is 11.9 Å². The zero-order chi connectivity index (χ0) is 17.0. The Morgan fingerprint density at radius 3 is 2.61 bits per heavy atom. The van der Waals surface area contributed by atoms with E-state index in [0.29, 0.717) is 0 Å². The van der Waals surface area contributed by atoms with Crippen molar-refractivity contribution in [2.45, 2.75) is 0 Å². The lowest BCUT2D eigenvalue weighted by atomic mass is 10.1. The van der Waals surface area contributed by atoms with Crippen molar-refractivity contribution in [3.63, 3.8) is 0 Å². The van der Waals surface area contributed by atoms with E-state index in [1.54, 1.807) is 0 Å². The van der Waals surface area contributed by atoms with Gasteiger partial charge in [0.15, 0.2) is 6.61 Å². The van der Waals surface area contributed by atoms with Crippen LogP contribution in [0.3, 0.4) is 0 Å². The summed E-state index contributed by atoms with van der Waals surface area (Å²) in [7, 11) is 0. The largest absolute Gasteiger partial charge is 0.508 e. The Morgan fingerprint density at radius 1 is 1.22 bits per heavy atom. The highest BCUT2D eigenvalue weighted by atomic mass is 35.5. The number of anilines is 1. The van der Waals surface area contributed by atoms with Crippen LogP contribution in [0, 0.1) is 5.82 Å². The lowest BCUT2D eigenvalue weighted by molar-refractivity contribution is -0.118. The Labute approximate surface area is 135 Å². The highest BCUT2D eigenvalue weighted by Crippen LogP contribution is 2.22. The number of nitrogens with one attached hydrogen (secondary N) is 1. The molecule has 2 rings (SSSR count). The molecule has 23 heavy (non-hydrogen) atoms. The molecule has 0 radical (unpaired) electrons. The molecule has 8 heteroatoms. The minimum Gasteiger partial charge on any atom is -0.508 e. The molecule has 0 unspecified atom stereocenters. The van der Waals surface area contributed by atoms with Gasteiger partial charge in [-0.2, -0.15) is 0 Å². The number of benzene rings is 2. The SMILES string of the molecule is O=C(COc1ccc(F)c(Cl)c1)Nc1ccc(O)cc1C(=O)O. The first kappa shape index (κ1) is 16.6. The van der Waals surface area contributed by atoms with Gasteiger partial charge in [0, 0.05) is 6.07 Å². The lowest BCUT2D eigenvalue weighted by Gasteiger charge is -2.10. The molecule has 0 aliphatic rings. The van der Waals surface area contributed by atoms with Gasteiger partial charge in [-0.25, -0.2) is 9.18 Å². The summed E-state index contributed by atoms with van der Waals surface area (Å²) in [6.45, 7) is -0.429. The van der Waals surface area contributed by atoms with Gasteiger partial charge in [0.05, 0.1) is 16.3 Å². The van der Waals surface area contributed by atoms with Gasteiger partial charge < -0.3 is 20.3 Å². The van der Waals surface area contributed by atoms with Crippen molar-refractivity contribution in [3.8, 4) is 11.5 Å². The van der Waals surface area contributed by atoms with E-state index in [2.05, 4.69) is 5.32 Å². The van der Waals surface area contributed by atoms with E-state index in [0.717, 1.165) is 12.1 Å². The number of ether oxygens (including phenoxy) is 1. The Morgan fingerprint density at radius 2 is 1.96 bits per heavy atom. The number of phenols is 1. The topological polar surface area (TPSA) is 95.9 Å². The summed E-state index contributed by atoms with van der Waals surface area (Å²) in [6.07, 6.45) is 0. The summed E-state index contributed by atoms with van der Waals surface area (Å²) >= 11 is 5.58. The highest BCUT2D eigenvalue weighted by Gasteiger charge is 2.14. The Hall–Kier alpha value is -2.80. The molecule has 3 N–H and O–H groups in total. The average Bonchev–Trinajstić information content (AvgIpc) is 2.50. The van der Waals surface area contributed by atoms with Crippen LogP contribution in [0.25, 0.3) is 0 Å². The van der Waals surface area contributed by atoms with E-state index in [1.165, 1.54) is 24.3 Å². The van der Waals surface area contributed by atoms with Gasteiger partial charge in [-0.05, 0) is 30.3 Å². The first-order valence-corrected chi connectivity index (χ1v) is 6.68. The molecular weight excluding hydrogens is 329 g/mol. The van der Waals surface area contributed by atoms with E-state index in [4.69, 9.17) is 21.4 Å². The highest BCUT2D eigenvalue weighted by molar-refractivity contribution is 6.30. The average molecular weight is 340 g/mol. The van der Waals surface area contributed by atoms with Crippen LogP contribution < -0.4 is 10.1 Å². The summed E-state index contributed by atoms with van der Waals surface area (Å²) in [5.41, 5.74) is -0.246. The van der Waals surface area contributed by atoms with E-state index >= 15 is 0 Å². The summed E-state index contributed by atoms with van der Waals surface area (Å²) < 4.78 is 18.1. The minimum atomic E-state index is -1.30. The van der Waals surface area contributed by atoms with Crippen LogP contribution in [-0.4, -0.2) is 28.7 Å². The van der Waals surface area contributed by atoms with Crippen LogP contribution in [0.1, 0.15) is 10.4 Å². The summed E-state index contributed by atoms with van der Waals surface area (Å²) in [5.74, 6) is -2.59. The number of hydrogen-bond acceptors (Lipinski definition) is 4. The number of carbonyl (C=O) groups excluding carboxylic acids is 1. The van der Waals surface area contributed by atoms with Crippen molar-refractivity contribution in [1.29, 1.82) is 0 Å². The van der Waals surface area contributed by atoms with Crippen LogP contribution in [0.5, 0.6) is 11.5 Å². The number of halogens is 2. The molecule has 0 saturated heterocycles. The molecule has 0 aromatic heterocycles. The maximum atomic E-state index is 13.0. The predicted octanol–water partition coefficient (Wildman–Crippen LogP) is 2.90. The standard InChI is InChI=1S/C15H11ClFNO5/c16-11-6-9(2-3-12(11)17)23-7-14(20)18-13-4-1-8(19)5-10(13)15(21)22/h1-6,19H,7H2,(H,18,20)(H,21,22). The Kier molecular flexibility index (Phi) is 5.02. The van der Waals surface area contributed by atoms with Gasteiger partial charge in [0.25, 0.3) is 5.91 Å². The van der Waals surface area contributed by atoms with Crippen molar-refractivity contribution < 1.29 is 28.9 Å². The van der Waals surface area contributed by atoms with Crippen molar-refractivity contribution in [1.82, 2.24) is 0 Å². The number of phenolic OH excluding ortho intramolecular Hbond substituents is 1. The molecule has 0 aliphatic heterocycles. The number of aromatic hydroxyl groups is 1. The fraction of sp³-hybridized carbons (Fsp3) is 0.0667. The van der Waals surface area contributed by atoms with Gasteiger partial charge in [-0.1, -0.05) is 11.6 Å². The maximum absolute atomic E-state index is 13.0. The zero-order valence-electron chi connectivity index (χ0n) is 11.5. The summed E-state index contributed by atoms with van der Waals surface area (Å²) in [4.78, 5) is 22.9. The van der Waals surface area contributed by atoms with Gasteiger partial charge in [0.2, 0.25) is 0 Å². The minimum absolute atomic E-state index is 0.0149. The molecule has 0 bridgehead atoms. The Balaban J connectivity index is 2.02. The molecule has 0 aliphatic carbocycles. The van der Waals surface area contributed by atoms with Crippen LogP contribution in [0.2, 0.25) is 5.02 Å². The molecule has 0 fully saturated rings. The molecule has 2 aromatic carbocycles. The third-order valence-corrected chi connectivity index (χ3v) is 3.06. The maximum Gasteiger partial charge on any atom is 0.337 e. The molecule has 0 spiro atoms. The molecule has 0 atom stereocenters. The zero-order valence-corrected chi connectivity index (χ0v) is 12.3. The molecule has 120 valence electrons. The molecule has 6 nitrogen and oxygen atoms in total. The number of carboxylic acid groups (broad SMARTS) is 1. The fourth-order valence-electron chi connectivity index (χ4n) is 1.72. The number of carbonyl (C=O) groups is 2. The number of aromatic carboxylic acids is 1. The molecule has 0 saturated carbocycles. The smallest absolute Gasteiger partial charge is 0.337 e. The molecule has 0 heterocycles. The fourth-order valence-corrected chi connectivity index (χ4v) is 1.89. The predicted molar refractivity (Wildman–Crippen MR) is 80.6 cm³/mol. The third-order valence-electron chi connectivity index (χ3n) is 2.77. The number of amides is 1. The van der Waals surface area contributed by atoms with Crippen molar-refractivity contribution in [2.24, 2.45) is 0 Å². The quantitative estimate of drug-likeness (QED) is 0.728. The van der Waals surface area contributed by atoms with Gasteiger partial charge in [0.1, 0.15) is 17.3 Å². The van der Waals surface area contributed by atoms with Crippen LogP contribution in [-0.2, 0) is 4.79 Å². The van der Waals surface area contributed by atoms with Gasteiger partial charge in [-0.3, -0.25) is 4.79 Å². The normalized spacial score (nSPS) is 10.2. The monoisotopic (exact) mass is 339 g/mol. The van der Waals surface area contributed by atoms with Crippen molar-refractivity contribution in [3.05, 3.63) is 52.8 Å². The van der Waals surface area contributed by atoms with E-state index in [9.17, 15) is 19.1 Å². The summed E-state index contributed by atoms with van der Waals surface area (Å²) in [6, 6.07) is 7.12. The molecular formula is C15H11ClFNO5. The van der Waals surface area contributed by atoms with E-state index < -0.39 is 24.3 Å². The summed E-state index contributed by atoms with van der Waals surface area (Å²) in [5, 5.41) is 20.5. The number of carboxylic acids is 1. The first-order chi connectivity index (χ1) is 10.9. The third kappa shape index (κ3) is 4.33. The van der Waals surface area contributed by atoms with Crippen LogP contribution >= 0.6 is 11.6 Å². The van der Waals surface area contributed by atoms with Crippen molar-refractivity contribution >= 4 is 29.2 Å². The van der Waals surface area contributed by atoms with E-state index in [-0.39, 0.29) is 27.8 Å². The number of rotatable bonds is 5. The molecule has 2 aromatic rings. The number of hydrogen-bond donors (Lipinski definition) is 3. The Bertz CT molecular complexity index is 766. The van der Waals surface area contributed by atoms with E-state index in [1.807, 2.05) is 0 Å². The second kappa shape index (κ2) is 6.97. The van der Waals surface area contributed by atoms with Crippen LogP contribution in [0.4, 0.5) is 10.1 Å². The van der Waals surface area contributed by atoms with Crippen LogP contribution in [0.15, 0.2) is 36.4 Å². The molecule has 1 amide bonds. The van der Waals surface area contributed by atoms with Gasteiger partial charge in [-0.15, -0.1) is 0 Å². The second-order valence-electron chi connectivity index (χ2n) is 4.45. The van der Waals surface area contributed by atoms with Gasteiger partial charge >= 0.3 is 5.97 Å².